The number of halogens is 2. The molecule has 16 nitrogen and oxygen atoms in total. The van der Waals surface area contributed by atoms with Crippen molar-refractivity contribution in [1.82, 2.24) is 40.8 Å². The average molecular weight is 819 g/mol. The summed E-state index contributed by atoms with van der Waals surface area (Å²) in [7, 11) is 0. The molecular formula is C42H40F2N10O6. The number of pyridine rings is 4. The fourth-order valence-electron chi connectivity index (χ4n) is 6.20. The molecule has 0 atom stereocenters. The van der Waals surface area contributed by atoms with Crippen molar-refractivity contribution in [2.75, 3.05) is 37.6 Å². The maximum absolute atomic E-state index is 13.5. The number of carbonyl (C=O) groups is 5. The molecular weight excluding hydrogens is 779 g/mol. The lowest BCUT2D eigenvalue weighted by Crippen LogP contribution is -2.60. The number of esters is 2. The first-order valence-electron chi connectivity index (χ1n) is 18.6. The molecule has 7 N–H and O–H groups in total. The predicted molar refractivity (Wildman–Crippen MR) is 219 cm³/mol. The van der Waals surface area contributed by atoms with Gasteiger partial charge in [0.2, 0.25) is 5.91 Å². The van der Waals surface area contributed by atoms with Gasteiger partial charge in [-0.05, 0) is 48.5 Å². The molecule has 2 aliphatic heterocycles. The molecule has 6 heterocycles. The van der Waals surface area contributed by atoms with Crippen LogP contribution < -0.4 is 27.4 Å². The minimum absolute atomic E-state index is 0.0146. The number of fused-ring (bicyclic) bond motifs is 2. The summed E-state index contributed by atoms with van der Waals surface area (Å²) < 4.78 is 30.9. The molecule has 3 amide bonds. The van der Waals surface area contributed by atoms with E-state index in [9.17, 15) is 32.8 Å². The Bertz CT molecular complexity index is 2620. The number of rotatable bonds is 6. The van der Waals surface area contributed by atoms with Crippen molar-refractivity contribution in [2.45, 2.75) is 32.9 Å². The summed E-state index contributed by atoms with van der Waals surface area (Å²) in [5.74, 6) is -1.92. The highest BCUT2D eigenvalue weighted by molar-refractivity contribution is 6.09. The predicted octanol–water partition coefficient (Wildman–Crippen LogP) is 3.79. The van der Waals surface area contributed by atoms with Gasteiger partial charge in [0.25, 0.3) is 11.8 Å². The molecule has 2 fully saturated rings. The first-order valence-corrected chi connectivity index (χ1v) is 18.6. The van der Waals surface area contributed by atoms with E-state index in [1.54, 1.807) is 53.4 Å². The Morgan fingerprint density at radius 2 is 1.13 bits per heavy atom. The highest BCUT2D eigenvalue weighted by atomic mass is 19.1. The van der Waals surface area contributed by atoms with Gasteiger partial charge in [0.05, 0.1) is 34.6 Å². The van der Waals surface area contributed by atoms with Crippen LogP contribution in [0, 0.1) is 11.6 Å². The van der Waals surface area contributed by atoms with E-state index in [0.717, 1.165) is 13.1 Å². The van der Waals surface area contributed by atoms with Crippen LogP contribution in [0.2, 0.25) is 0 Å². The monoisotopic (exact) mass is 818 g/mol. The molecule has 0 spiro atoms. The third kappa shape index (κ3) is 10.1. The summed E-state index contributed by atoms with van der Waals surface area (Å²) >= 11 is 0. The van der Waals surface area contributed by atoms with Crippen LogP contribution in [0.3, 0.4) is 0 Å². The number of amides is 3. The summed E-state index contributed by atoms with van der Waals surface area (Å²) in [6.45, 7) is 6.36. The van der Waals surface area contributed by atoms with Gasteiger partial charge in [0.15, 0.2) is 0 Å². The lowest BCUT2D eigenvalue weighted by molar-refractivity contribution is -0.156. The van der Waals surface area contributed by atoms with Crippen LogP contribution in [-0.2, 0) is 19.1 Å². The van der Waals surface area contributed by atoms with Gasteiger partial charge in [0, 0.05) is 81.2 Å². The molecule has 0 bridgehead atoms. The molecule has 0 aliphatic carbocycles. The van der Waals surface area contributed by atoms with Gasteiger partial charge in [-0.2, -0.15) is 0 Å². The van der Waals surface area contributed by atoms with Gasteiger partial charge in [0.1, 0.15) is 34.3 Å². The number of nitrogens with one attached hydrogen (secondary N) is 3. The second-order valence-corrected chi connectivity index (χ2v) is 13.8. The van der Waals surface area contributed by atoms with Crippen molar-refractivity contribution in [3.63, 3.8) is 0 Å². The van der Waals surface area contributed by atoms with Crippen molar-refractivity contribution < 1.29 is 37.5 Å². The number of hydrogen-bond donors (Lipinski definition) is 5. The highest BCUT2D eigenvalue weighted by Gasteiger charge is 2.30. The van der Waals surface area contributed by atoms with Crippen LogP contribution >= 0.6 is 0 Å². The van der Waals surface area contributed by atoms with Crippen molar-refractivity contribution in [3.8, 4) is 22.5 Å². The number of anilines is 2. The Balaban J connectivity index is 0.000000175. The Labute approximate surface area is 341 Å². The van der Waals surface area contributed by atoms with Crippen LogP contribution in [0.25, 0.3) is 44.3 Å². The number of nitrogens with zero attached hydrogens (tertiary/aromatic N) is 5. The molecule has 0 saturated carbocycles. The van der Waals surface area contributed by atoms with Crippen molar-refractivity contribution in [1.29, 1.82) is 0 Å². The number of benzene rings is 2. The van der Waals surface area contributed by atoms with E-state index in [4.69, 9.17) is 11.5 Å². The Morgan fingerprint density at radius 3 is 1.50 bits per heavy atom. The van der Waals surface area contributed by atoms with Gasteiger partial charge in [-0.15, -0.1) is 0 Å². The van der Waals surface area contributed by atoms with Gasteiger partial charge < -0.3 is 37.1 Å². The smallest absolute Gasteiger partial charge is 0.310 e. The van der Waals surface area contributed by atoms with Crippen LogP contribution in [0.15, 0.2) is 85.2 Å². The van der Waals surface area contributed by atoms with Gasteiger partial charge in [-0.1, -0.05) is 24.3 Å². The average Bonchev–Trinajstić information content (AvgIpc) is 3.17. The Hall–Kier alpha value is -7.47. The van der Waals surface area contributed by atoms with Crippen molar-refractivity contribution in [3.05, 3.63) is 108 Å². The second kappa shape index (κ2) is 18.4. The zero-order valence-corrected chi connectivity index (χ0v) is 32.7. The number of aromatic nitrogens is 4. The zero-order valence-electron chi connectivity index (χ0n) is 32.7. The molecule has 18 heteroatoms. The number of likely N-dealkylation sites (tertiary alicyclic amines) is 1. The summed E-state index contributed by atoms with van der Waals surface area (Å²) in [6, 6.07) is 19.2. The number of ether oxygens (including phenoxy) is 1. The Kier molecular flexibility index (Phi) is 12.9. The Morgan fingerprint density at radius 1 is 0.683 bits per heavy atom. The van der Waals surface area contributed by atoms with E-state index < -0.39 is 11.9 Å². The van der Waals surface area contributed by atoms with Crippen LogP contribution in [0.1, 0.15) is 41.5 Å². The maximum atomic E-state index is 13.5. The minimum atomic E-state index is -0.562. The first kappa shape index (κ1) is 42.1. The standard InChI is InChI=1S/C20H18FN5O2.C18H16FN5O.C4H6O3/c1-11(27)26-9-14(10-26)24-20(28)16-8-23-19(22)18-15(16)5-6-17(25-18)12-3-2-4-13(21)7-12;19-11-3-1-2-10(6-11)15-5-4-13-14(9-22-17(20)16(13)24-15)18(25)23-12-7-21-8-12;1-3(5)7-4(2)6/h2-8,14H,9-10H2,1H3,(H2,22,23)(H,24,28);1-6,9,12,21H,7-8H2,(H2,20,22)(H,23,25);1-2H3. The van der Waals surface area contributed by atoms with Crippen molar-refractivity contribution >= 4 is 63.1 Å². The maximum Gasteiger partial charge on any atom is 0.310 e. The quantitative estimate of drug-likeness (QED) is 0.119. The van der Waals surface area contributed by atoms with Crippen LogP contribution in [0.4, 0.5) is 20.4 Å². The van der Waals surface area contributed by atoms with E-state index in [0.29, 0.717) is 68.5 Å². The summed E-state index contributed by atoms with van der Waals surface area (Å²) in [5.41, 5.74) is 15.9. The minimum Gasteiger partial charge on any atom is -0.394 e. The van der Waals surface area contributed by atoms with Gasteiger partial charge in [-0.25, -0.2) is 28.7 Å². The molecule has 6 aromatic rings. The normalized spacial score (nSPS) is 13.4. The molecule has 0 unspecified atom stereocenters. The van der Waals surface area contributed by atoms with Crippen LogP contribution in [0.5, 0.6) is 0 Å². The summed E-state index contributed by atoms with van der Waals surface area (Å²) in [5, 5.41) is 10.1. The largest absolute Gasteiger partial charge is 0.394 e. The highest BCUT2D eigenvalue weighted by Crippen LogP contribution is 2.28. The fraction of sp³-hybridized carbons (Fsp3) is 0.214. The summed E-state index contributed by atoms with van der Waals surface area (Å²) in [4.78, 5) is 74.9. The van der Waals surface area contributed by atoms with Gasteiger partial charge >= 0.3 is 11.9 Å². The molecule has 8 rings (SSSR count). The zero-order chi connectivity index (χ0) is 43.1. The van der Waals surface area contributed by atoms with E-state index in [2.05, 4.69) is 40.6 Å². The molecule has 4 aromatic heterocycles. The molecule has 2 aliphatic rings. The molecule has 60 heavy (non-hydrogen) atoms. The lowest BCUT2D eigenvalue weighted by atomic mass is 10.1. The summed E-state index contributed by atoms with van der Waals surface area (Å²) in [6.07, 6.45) is 2.88. The lowest BCUT2D eigenvalue weighted by Gasteiger charge is -2.38. The number of nitrogen functional groups attached to an aromatic ring is 2. The van der Waals surface area contributed by atoms with E-state index in [-0.39, 0.29) is 53.1 Å². The second-order valence-electron chi connectivity index (χ2n) is 13.8. The van der Waals surface area contributed by atoms with E-state index in [1.165, 1.54) is 57.4 Å². The van der Waals surface area contributed by atoms with E-state index in [1.807, 2.05) is 0 Å². The number of hydrogen-bond acceptors (Lipinski definition) is 13. The SMILES string of the molecule is CC(=O)N1CC(NC(=O)c2cnc(N)c3nc(-c4cccc(F)c4)ccc23)C1.CC(=O)OC(C)=O.Nc1ncc(C(=O)NC2CNC2)c2ccc(-c3cccc(F)c3)nc12. The number of nitrogens with two attached hydrogens (primary N) is 2. The molecule has 2 aromatic carbocycles. The third-order valence-electron chi connectivity index (χ3n) is 9.32. The first-order chi connectivity index (χ1) is 28.7. The van der Waals surface area contributed by atoms with Gasteiger partial charge in [-0.3, -0.25) is 24.0 Å². The molecule has 0 radical (unpaired) electrons. The molecule has 2 saturated heterocycles. The fourth-order valence-corrected chi connectivity index (χ4v) is 6.20. The van der Waals surface area contributed by atoms with Crippen molar-refractivity contribution in [2.24, 2.45) is 0 Å². The topological polar surface area (TPSA) is 238 Å². The third-order valence-corrected chi connectivity index (χ3v) is 9.32. The van der Waals surface area contributed by atoms with E-state index >= 15 is 0 Å². The molecule has 308 valence electrons. The van der Waals surface area contributed by atoms with Crippen LogP contribution in [-0.4, -0.2) is 92.8 Å². The number of carbonyl (C=O) groups excluding carboxylic acids is 5.